The number of carbonyl (C=O) groups excluding carboxylic acids is 1. The molecule has 3 aromatic rings. The number of cyclic esters (lactones) is 1. The number of aliphatic hydroxyl groups excluding tert-OH is 1. The molecule has 2 aromatic heterocycles. The Kier molecular flexibility index (Phi) is 9.34. The first-order valence-electron chi connectivity index (χ1n) is 13.3. The molecule has 210 valence electrons. The van der Waals surface area contributed by atoms with Crippen LogP contribution in [0.25, 0.3) is 22.3 Å². The number of nitrogens with two attached hydrogens (primary N) is 1. The molecule has 0 fully saturated rings. The van der Waals surface area contributed by atoms with Crippen molar-refractivity contribution in [2.24, 2.45) is 0 Å². The zero-order chi connectivity index (χ0) is 29.0. The third-order valence-corrected chi connectivity index (χ3v) is 6.49. The molecule has 0 spiro atoms. The van der Waals surface area contributed by atoms with E-state index in [0.717, 1.165) is 17.5 Å². The molecule has 1 atom stereocenters. The van der Waals surface area contributed by atoms with Gasteiger partial charge in [-0.2, -0.15) is 0 Å². The Hall–Kier alpha value is -3.92. The minimum atomic E-state index is -1.55. The molecule has 4 heterocycles. The second kappa shape index (κ2) is 12.3. The van der Waals surface area contributed by atoms with Gasteiger partial charge in [0.25, 0.3) is 5.56 Å². The van der Waals surface area contributed by atoms with Crippen LogP contribution in [0.5, 0.6) is 0 Å². The SMILES string of the molecule is C=C(OCCC)N(C)Cc1c2c(nc3cc(F)c(N)cc13)-c1cc3c(c(=O)n1C2)COC(=O)C3O.CC.CC. The predicted octanol–water partition coefficient (Wildman–Crippen LogP) is 4.62. The Morgan fingerprint density at radius 2 is 1.95 bits per heavy atom. The lowest BCUT2D eigenvalue weighted by Crippen LogP contribution is -2.32. The summed E-state index contributed by atoms with van der Waals surface area (Å²) in [6.45, 7) is 14.9. The first kappa shape index (κ1) is 29.6. The fourth-order valence-corrected chi connectivity index (χ4v) is 4.58. The summed E-state index contributed by atoms with van der Waals surface area (Å²) in [4.78, 5) is 31.7. The Balaban J connectivity index is 0.00000100. The first-order chi connectivity index (χ1) is 18.7. The van der Waals surface area contributed by atoms with Crippen molar-refractivity contribution in [3.63, 3.8) is 0 Å². The number of nitrogens with zero attached hydrogens (tertiary/aromatic N) is 3. The van der Waals surface area contributed by atoms with E-state index in [1.807, 2.05) is 46.6 Å². The van der Waals surface area contributed by atoms with Gasteiger partial charge in [-0.3, -0.25) is 4.79 Å². The van der Waals surface area contributed by atoms with E-state index >= 15 is 0 Å². The number of fused-ring (bicyclic) bond motifs is 5. The van der Waals surface area contributed by atoms with E-state index in [0.29, 0.717) is 41.3 Å². The molecule has 0 aliphatic carbocycles. The van der Waals surface area contributed by atoms with Crippen LogP contribution in [0, 0.1) is 5.82 Å². The van der Waals surface area contributed by atoms with Crippen LogP contribution >= 0.6 is 0 Å². The number of aliphatic hydroxyl groups is 1. The average molecular weight is 541 g/mol. The Morgan fingerprint density at radius 1 is 1.26 bits per heavy atom. The number of pyridine rings is 2. The van der Waals surface area contributed by atoms with Gasteiger partial charge in [-0.25, -0.2) is 14.2 Å². The van der Waals surface area contributed by atoms with E-state index in [1.165, 1.54) is 10.6 Å². The van der Waals surface area contributed by atoms with E-state index in [9.17, 15) is 19.1 Å². The van der Waals surface area contributed by atoms with Gasteiger partial charge in [-0.15, -0.1) is 0 Å². The Morgan fingerprint density at radius 3 is 2.62 bits per heavy atom. The molecular weight excluding hydrogens is 503 g/mol. The Labute approximate surface area is 227 Å². The van der Waals surface area contributed by atoms with Gasteiger partial charge in [0, 0.05) is 36.2 Å². The van der Waals surface area contributed by atoms with Crippen LogP contribution in [-0.2, 0) is 34.0 Å². The summed E-state index contributed by atoms with van der Waals surface area (Å²) in [5.74, 6) is -0.932. The zero-order valence-electron chi connectivity index (χ0n) is 23.4. The van der Waals surface area contributed by atoms with Crippen LogP contribution < -0.4 is 11.3 Å². The van der Waals surface area contributed by atoms with Crippen LogP contribution in [0.4, 0.5) is 10.1 Å². The molecule has 0 amide bonds. The molecule has 3 N–H and O–H groups in total. The summed E-state index contributed by atoms with van der Waals surface area (Å²) in [6, 6.07) is 4.41. The number of aromatic nitrogens is 2. The molecular formula is C29H37FN4O5. The second-order valence-electron chi connectivity index (χ2n) is 8.77. The minimum Gasteiger partial charge on any atom is -0.480 e. The summed E-state index contributed by atoms with van der Waals surface area (Å²) in [6.07, 6.45) is -0.722. The van der Waals surface area contributed by atoms with Gasteiger partial charge >= 0.3 is 5.97 Å². The zero-order valence-corrected chi connectivity index (χ0v) is 23.4. The highest BCUT2D eigenvalue weighted by Gasteiger charge is 2.35. The highest BCUT2D eigenvalue weighted by molar-refractivity contribution is 5.90. The molecule has 10 heteroatoms. The molecule has 5 rings (SSSR count). The van der Waals surface area contributed by atoms with Gasteiger partial charge in [0.05, 0.1) is 41.3 Å². The highest BCUT2D eigenvalue weighted by atomic mass is 19.1. The fraction of sp³-hybridized carbons (Fsp3) is 0.414. The summed E-state index contributed by atoms with van der Waals surface area (Å²) >= 11 is 0. The van der Waals surface area contributed by atoms with Crippen molar-refractivity contribution >= 4 is 22.6 Å². The van der Waals surface area contributed by atoms with Gasteiger partial charge in [-0.1, -0.05) is 34.6 Å². The standard InChI is InChI=1S/C25H25FN4O5.2C2H6/c1-4-5-34-12(2)29(3)9-15-13-6-19(27)18(26)8-20(13)28-22-16(15)10-30-21(22)7-14-17(24(30)32)11-35-25(33)23(14)31;2*1-2/h6-8,23,31H,2,4-5,9-11,27H2,1,3H3;2*1-2H3. The summed E-state index contributed by atoms with van der Waals surface area (Å²) in [5, 5.41) is 11.0. The maximum atomic E-state index is 14.4. The normalized spacial score (nSPS) is 14.6. The third-order valence-electron chi connectivity index (χ3n) is 6.49. The average Bonchev–Trinajstić information content (AvgIpc) is 3.31. The van der Waals surface area contributed by atoms with Crippen LogP contribution in [0.3, 0.4) is 0 Å². The molecule has 2 aliphatic rings. The molecule has 2 aliphatic heterocycles. The topological polar surface area (TPSA) is 120 Å². The maximum Gasteiger partial charge on any atom is 0.340 e. The number of anilines is 1. The van der Waals surface area contributed by atoms with Crippen molar-refractivity contribution in [1.82, 2.24) is 14.5 Å². The fourth-order valence-electron chi connectivity index (χ4n) is 4.58. The quantitative estimate of drug-likeness (QED) is 0.207. The molecule has 0 radical (unpaired) electrons. The predicted molar refractivity (Wildman–Crippen MR) is 149 cm³/mol. The lowest BCUT2D eigenvalue weighted by atomic mass is 9.98. The van der Waals surface area contributed by atoms with Crippen molar-refractivity contribution in [3.8, 4) is 11.4 Å². The molecule has 1 aromatic carbocycles. The molecule has 39 heavy (non-hydrogen) atoms. The number of nitrogen functional groups attached to an aromatic ring is 1. The van der Waals surface area contributed by atoms with Gasteiger partial charge < -0.3 is 29.8 Å². The van der Waals surface area contributed by atoms with Crippen molar-refractivity contribution in [2.45, 2.75) is 66.8 Å². The lowest BCUT2D eigenvalue weighted by molar-refractivity contribution is -0.157. The largest absolute Gasteiger partial charge is 0.480 e. The number of ether oxygens (including phenoxy) is 2. The number of benzene rings is 1. The number of carbonyl (C=O) groups is 1. The molecule has 0 saturated heterocycles. The Bertz CT molecular complexity index is 1470. The van der Waals surface area contributed by atoms with E-state index in [2.05, 4.69) is 11.6 Å². The van der Waals surface area contributed by atoms with Crippen molar-refractivity contribution in [1.29, 1.82) is 0 Å². The number of hydrogen-bond acceptors (Lipinski definition) is 8. The number of hydrogen-bond donors (Lipinski definition) is 2. The van der Waals surface area contributed by atoms with Crippen molar-refractivity contribution < 1.29 is 23.8 Å². The third kappa shape index (κ3) is 5.34. The van der Waals surface area contributed by atoms with Gasteiger partial charge in [0.2, 0.25) is 0 Å². The number of rotatable bonds is 6. The van der Waals surface area contributed by atoms with Crippen molar-refractivity contribution in [3.05, 3.63) is 69.1 Å². The van der Waals surface area contributed by atoms with Gasteiger partial charge in [0.1, 0.15) is 12.4 Å². The van der Waals surface area contributed by atoms with E-state index in [1.54, 1.807) is 12.1 Å². The highest BCUT2D eigenvalue weighted by Crippen LogP contribution is 2.39. The van der Waals surface area contributed by atoms with E-state index < -0.39 is 17.9 Å². The van der Waals surface area contributed by atoms with Gasteiger partial charge in [-0.05, 0) is 30.7 Å². The van der Waals surface area contributed by atoms with Crippen LogP contribution in [0.15, 0.2) is 35.5 Å². The van der Waals surface area contributed by atoms with E-state index in [-0.39, 0.29) is 35.5 Å². The molecule has 0 saturated carbocycles. The van der Waals surface area contributed by atoms with Crippen molar-refractivity contribution in [2.75, 3.05) is 19.4 Å². The molecule has 0 bridgehead atoms. The second-order valence-corrected chi connectivity index (χ2v) is 8.77. The minimum absolute atomic E-state index is 0.00821. The van der Waals surface area contributed by atoms with Crippen LogP contribution in [0.1, 0.15) is 69.4 Å². The number of halogens is 1. The summed E-state index contributed by atoms with van der Waals surface area (Å²) in [5.41, 5.74) is 8.81. The van der Waals surface area contributed by atoms with Crippen LogP contribution in [0.2, 0.25) is 0 Å². The smallest absolute Gasteiger partial charge is 0.340 e. The number of esters is 1. The maximum absolute atomic E-state index is 14.4. The lowest BCUT2D eigenvalue weighted by Gasteiger charge is -2.24. The monoisotopic (exact) mass is 540 g/mol. The van der Waals surface area contributed by atoms with Crippen LogP contribution in [-0.4, -0.2) is 39.2 Å². The first-order valence-corrected chi connectivity index (χ1v) is 13.3. The summed E-state index contributed by atoms with van der Waals surface area (Å²) < 4.78 is 26.6. The van der Waals surface area contributed by atoms with Gasteiger partial charge in [0.15, 0.2) is 12.0 Å². The van der Waals surface area contributed by atoms with E-state index in [4.69, 9.17) is 15.2 Å². The molecule has 1 unspecified atom stereocenters. The molecule has 9 nitrogen and oxygen atoms in total. The summed E-state index contributed by atoms with van der Waals surface area (Å²) in [7, 11) is 1.83.